The van der Waals surface area contributed by atoms with Crippen LogP contribution in [0.5, 0.6) is 0 Å². The predicted octanol–water partition coefficient (Wildman–Crippen LogP) is 7.31. The third-order valence-corrected chi connectivity index (χ3v) is 9.33. The number of hydrogen-bond acceptors (Lipinski definition) is 3. The molecule has 210 valence electrons. The Morgan fingerprint density at radius 2 is 1.66 bits per heavy atom. The molecule has 2 aromatic carbocycles. The van der Waals surface area contributed by atoms with E-state index in [1.54, 1.807) is 0 Å². The maximum Gasteiger partial charge on any atom is 0.310 e. The molecule has 1 N–H and O–H groups in total. The summed E-state index contributed by atoms with van der Waals surface area (Å²) in [4.78, 5) is 13.7. The summed E-state index contributed by atoms with van der Waals surface area (Å²) >= 11 is 0. The number of piperidine rings is 1. The first-order valence-corrected chi connectivity index (χ1v) is 14.9. The molecule has 3 fully saturated rings. The number of hydrogen-bond donors (Lipinski definition) is 1. The quantitative estimate of drug-likeness (QED) is 0.360. The van der Waals surface area contributed by atoms with Gasteiger partial charge in [-0.05, 0) is 98.8 Å². The van der Waals surface area contributed by atoms with Crippen LogP contribution in [0.25, 0.3) is 0 Å². The van der Waals surface area contributed by atoms with Crippen molar-refractivity contribution in [2.75, 3.05) is 19.7 Å². The molecular formula is C27H32F6N2O2S. The van der Waals surface area contributed by atoms with Crippen molar-refractivity contribution in [2.45, 2.75) is 67.5 Å². The molecule has 11 heteroatoms. The van der Waals surface area contributed by atoms with Crippen LogP contribution in [0.4, 0.5) is 23.8 Å². The van der Waals surface area contributed by atoms with Crippen LogP contribution in [-0.4, -0.2) is 42.1 Å². The van der Waals surface area contributed by atoms with Crippen LogP contribution in [0, 0.1) is 11.7 Å². The zero-order chi connectivity index (χ0) is 27.2. The largest absolute Gasteiger partial charge is 0.363 e. The predicted molar refractivity (Wildman–Crippen MR) is 134 cm³/mol. The van der Waals surface area contributed by atoms with Crippen molar-refractivity contribution in [3.63, 3.8) is 0 Å². The normalized spacial score (nSPS) is 27.4. The molecular weight excluding hydrogens is 530 g/mol. The van der Waals surface area contributed by atoms with Gasteiger partial charge in [-0.2, -0.15) is 0 Å². The Morgan fingerprint density at radius 3 is 2.24 bits per heavy atom. The molecule has 1 saturated carbocycles. The minimum Gasteiger partial charge on any atom is -0.363 e. The highest BCUT2D eigenvalue weighted by atomic mass is 32.5. The van der Waals surface area contributed by atoms with Gasteiger partial charge < -0.3 is 10.1 Å². The smallest absolute Gasteiger partial charge is 0.310 e. The molecule has 3 aliphatic rings. The number of benzene rings is 2. The van der Waals surface area contributed by atoms with Crippen LogP contribution in [0.1, 0.15) is 55.6 Å². The molecule has 38 heavy (non-hydrogen) atoms. The number of ether oxygens (including phenoxy) is 1. The molecule has 2 atom stereocenters. The van der Waals surface area contributed by atoms with Crippen molar-refractivity contribution in [2.24, 2.45) is 5.92 Å². The van der Waals surface area contributed by atoms with E-state index in [0.717, 1.165) is 56.8 Å². The fourth-order valence-corrected chi connectivity index (χ4v) is 6.58. The molecule has 2 saturated heterocycles. The lowest BCUT2D eigenvalue weighted by atomic mass is 9.84. The SMILES string of the molecule is O=C(NCc1cccc(S(F)(F)(F)(F)F)c1)[C@@]1(C2CC2)CC[C@@H](N2CCC(c3ccc(F)cc3)CC2)CO1. The van der Waals surface area contributed by atoms with Crippen LogP contribution >= 0.6 is 10.2 Å². The summed E-state index contributed by atoms with van der Waals surface area (Å²) in [7, 11) is -9.80. The van der Waals surface area contributed by atoms with Gasteiger partial charge in [0.05, 0.1) is 6.61 Å². The Bertz CT molecular complexity index is 1170. The zero-order valence-corrected chi connectivity index (χ0v) is 21.7. The van der Waals surface area contributed by atoms with Crippen molar-refractivity contribution in [3.05, 3.63) is 65.5 Å². The Morgan fingerprint density at radius 1 is 0.974 bits per heavy atom. The van der Waals surface area contributed by atoms with Crippen LogP contribution in [0.2, 0.25) is 0 Å². The highest BCUT2D eigenvalue weighted by Crippen LogP contribution is 3.02. The van der Waals surface area contributed by atoms with Gasteiger partial charge in [-0.25, -0.2) is 4.39 Å². The van der Waals surface area contributed by atoms with Gasteiger partial charge in [-0.1, -0.05) is 43.7 Å². The van der Waals surface area contributed by atoms with Gasteiger partial charge in [0, 0.05) is 12.6 Å². The standard InChI is InChI=1S/C27H32F6N2O2S/c28-23-8-4-20(5-9-23)21-11-14-35(15-12-21)24-10-13-27(37-18-24,22-6-7-22)26(36)34-17-19-2-1-3-25(16-19)38(29,30,31,32)33/h1-5,8-9,16,21-22,24H,6-7,10-15,17-18H2,(H,34,36)/t24-,27+/m1/s1. The fourth-order valence-electron chi connectivity index (χ4n) is 5.87. The highest BCUT2D eigenvalue weighted by Gasteiger charge is 2.65. The van der Waals surface area contributed by atoms with E-state index in [0.29, 0.717) is 31.1 Å². The summed E-state index contributed by atoms with van der Waals surface area (Å²) in [5, 5.41) is 2.65. The van der Waals surface area contributed by atoms with Gasteiger partial charge in [-0.3, -0.25) is 9.69 Å². The third-order valence-electron chi connectivity index (χ3n) is 8.19. The first kappa shape index (κ1) is 27.3. The summed E-state index contributed by atoms with van der Waals surface area (Å²) in [6, 6.07) is 9.78. The van der Waals surface area contributed by atoms with E-state index in [1.165, 1.54) is 18.2 Å². The number of carbonyl (C=O) groups is 1. The second kappa shape index (κ2) is 9.16. The molecule has 2 aliphatic heterocycles. The zero-order valence-electron chi connectivity index (χ0n) is 20.9. The van der Waals surface area contributed by atoms with E-state index < -0.39 is 26.6 Å². The Hall–Kier alpha value is -2.24. The van der Waals surface area contributed by atoms with E-state index >= 15 is 0 Å². The number of likely N-dealkylation sites (tertiary alicyclic amines) is 1. The number of nitrogens with one attached hydrogen (secondary N) is 1. The average molecular weight is 563 g/mol. The monoisotopic (exact) mass is 562 g/mol. The fraction of sp³-hybridized carbons (Fsp3) is 0.519. The van der Waals surface area contributed by atoms with Crippen molar-refractivity contribution in [3.8, 4) is 0 Å². The molecule has 1 amide bonds. The molecule has 4 nitrogen and oxygen atoms in total. The molecule has 2 heterocycles. The van der Waals surface area contributed by atoms with E-state index in [-0.39, 0.29) is 29.9 Å². The van der Waals surface area contributed by atoms with Crippen LogP contribution in [0.15, 0.2) is 53.4 Å². The first-order chi connectivity index (χ1) is 17.7. The first-order valence-electron chi connectivity index (χ1n) is 13.0. The van der Waals surface area contributed by atoms with Gasteiger partial charge in [0.25, 0.3) is 5.91 Å². The van der Waals surface area contributed by atoms with Gasteiger partial charge >= 0.3 is 10.2 Å². The van der Waals surface area contributed by atoms with E-state index in [1.807, 2.05) is 12.1 Å². The second-order valence-electron chi connectivity index (χ2n) is 10.8. The number of rotatable bonds is 7. The average Bonchev–Trinajstić information content (AvgIpc) is 3.73. The lowest BCUT2D eigenvalue weighted by molar-refractivity contribution is -0.165. The van der Waals surface area contributed by atoms with Crippen molar-refractivity contribution < 1.29 is 33.4 Å². The summed E-state index contributed by atoms with van der Waals surface area (Å²) in [5.41, 5.74) is 0.0509. The molecule has 0 unspecified atom stereocenters. The lowest BCUT2D eigenvalue weighted by Crippen LogP contribution is -2.57. The summed E-state index contributed by atoms with van der Waals surface area (Å²) < 4.78 is 85.4. The molecule has 0 aromatic heterocycles. The molecule has 0 radical (unpaired) electrons. The number of carbonyl (C=O) groups excluding carboxylic acids is 1. The number of nitrogens with zero attached hydrogens (tertiary/aromatic N) is 1. The summed E-state index contributed by atoms with van der Waals surface area (Å²) in [6.45, 7) is 1.84. The van der Waals surface area contributed by atoms with Crippen LogP contribution < -0.4 is 5.32 Å². The third kappa shape index (κ3) is 5.99. The van der Waals surface area contributed by atoms with Crippen molar-refractivity contribution in [1.82, 2.24) is 10.2 Å². The number of amides is 1. The summed E-state index contributed by atoms with van der Waals surface area (Å²) in [5.74, 6) is -0.216. The van der Waals surface area contributed by atoms with Crippen LogP contribution in [0.3, 0.4) is 0 Å². The van der Waals surface area contributed by atoms with E-state index in [9.17, 15) is 28.6 Å². The minimum absolute atomic E-state index is 0.0451. The van der Waals surface area contributed by atoms with Gasteiger partial charge in [-0.15, -0.1) is 0 Å². The highest BCUT2D eigenvalue weighted by molar-refractivity contribution is 8.45. The Balaban J connectivity index is 1.17. The lowest BCUT2D eigenvalue weighted by Gasteiger charge is -2.45. The van der Waals surface area contributed by atoms with E-state index in [2.05, 4.69) is 10.2 Å². The molecule has 0 bridgehead atoms. The maximum absolute atomic E-state index is 13.3. The maximum atomic E-state index is 13.3. The van der Waals surface area contributed by atoms with Gasteiger partial charge in [0.15, 0.2) is 0 Å². The number of halogens is 6. The summed E-state index contributed by atoms with van der Waals surface area (Å²) in [6.07, 6.45) is 4.83. The molecule has 5 rings (SSSR count). The van der Waals surface area contributed by atoms with Gasteiger partial charge in [0.2, 0.25) is 0 Å². The van der Waals surface area contributed by atoms with E-state index in [4.69, 9.17) is 4.74 Å². The topological polar surface area (TPSA) is 41.6 Å². The minimum atomic E-state index is -9.80. The Labute approximate surface area is 218 Å². The van der Waals surface area contributed by atoms with Gasteiger partial charge in [0.1, 0.15) is 16.3 Å². The second-order valence-corrected chi connectivity index (χ2v) is 13.2. The Kier molecular flexibility index (Phi) is 6.59. The van der Waals surface area contributed by atoms with Crippen LogP contribution in [-0.2, 0) is 16.1 Å². The molecule has 0 spiro atoms. The van der Waals surface area contributed by atoms with Crippen molar-refractivity contribution >= 4 is 16.1 Å². The van der Waals surface area contributed by atoms with Crippen molar-refractivity contribution in [1.29, 1.82) is 0 Å². The molecule has 2 aromatic rings. The molecule has 1 aliphatic carbocycles.